The summed E-state index contributed by atoms with van der Waals surface area (Å²) in [5, 5.41) is 3.59. The minimum Gasteiger partial charge on any atom is -0.493 e. The van der Waals surface area contributed by atoms with E-state index in [1.165, 1.54) is 11.1 Å². The Morgan fingerprint density at radius 2 is 1.61 bits per heavy atom. The predicted octanol–water partition coefficient (Wildman–Crippen LogP) is 5.93. The first-order valence-electron chi connectivity index (χ1n) is 9.49. The van der Waals surface area contributed by atoms with Crippen LogP contribution in [0.5, 0.6) is 11.5 Å². The van der Waals surface area contributed by atoms with Crippen molar-refractivity contribution in [3.63, 3.8) is 0 Å². The van der Waals surface area contributed by atoms with E-state index in [-0.39, 0.29) is 0 Å². The molecule has 4 heteroatoms. The van der Waals surface area contributed by atoms with Crippen LogP contribution in [0.2, 0.25) is 0 Å². The highest BCUT2D eigenvalue weighted by molar-refractivity contribution is 9.10. The molecule has 0 aliphatic rings. The van der Waals surface area contributed by atoms with Crippen molar-refractivity contribution < 1.29 is 9.47 Å². The third-order valence-electron chi connectivity index (χ3n) is 4.71. The van der Waals surface area contributed by atoms with Gasteiger partial charge in [-0.25, -0.2) is 0 Å². The Hall–Kier alpha value is -2.30. The summed E-state index contributed by atoms with van der Waals surface area (Å²) in [6, 6.07) is 25.0. The van der Waals surface area contributed by atoms with Gasteiger partial charge in [-0.15, -0.1) is 0 Å². The van der Waals surface area contributed by atoms with Gasteiger partial charge in [0, 0.05) is 10.5 Å². The van der Waals surface area contributed by atoms with Crippen molar-refractivity contribution in [3.8, 4) is 11.5 Å². The Morgan fingerprint density at radius 3 is 2.29 bits per heavy atom. The number of rotatable bonds is 9. The highest BCUT2D eigenvalue weighted by atomic mass is 79.9. The van der Waals surface area contributed by atoms with E-state index in [1.807, 2.05) is 30.3 Å². The fourth-order valence-corrected chi connectivity index (χ4v) is 3.58. The Morgan fingerprint density at radius 1 is 0.929 bits per heavy atom. The minimum atomic E-state index is 0.312. The number of benzene rings is 3. The molecule has 0 heterocycles. The molecule has 0 aromatic heterocycles. The SMILES string of the molecule is COc1cc(Br)c(CCNC(C)c2ccccc2)cc1OCc1ccccc1. The van der Waals surface area contributed by atoms with E-state index in [2.05, 4.69) is 70.6 Å². The highest BCUT2D eigenvalue weighted by Gasteiger charge is 2.11. The summed E-state index contributed by atoms with van der Waals surface area (Å²) in [5.74, 6) is 1.50. The molecule has 1 atom stereocenters. The average Bonchev–Trinajstić information content (AvgIpc) is 2.74. The van der Waals surface area contributed by atoms with E-state index in [0.29, 0.717) is 12.6 Å². The van der Waals surface area contributed by atoms with Crippen molar-refractivity contribution in [1.82, 2.24) is 5.32 Å². The van der Waals surface area contributed by atoms with E-state index in [1.54, 1.807) is 7.11 Å². The molecule has 0 bridgehead atoms. The second-order valence-electron chi connectivity index (χ2n) is 6.71. The first-order valence-corrected chi connectivity index (χ1v) is 10.3. The van der Waals surface area contributed by atoms with Gasteiger partial charge in [-0.1, -0.05) is 76.6 Å². The summed E-state index contributed by atoms with van der Waals surface area (Å²) in [7, 11) is 1.67. The largest absolute Gasteiger partial charge is 0.493 e. The molecule has 0 aliphatic heterocycles. The van der Waals surface area contributed by atoms with Crippen molar-refractivity contribution in [1.29, 1.82) is 0 Å². The zero-order chi connectivity index (χ0) is 19.8. The molecule has 146 valence electrons. The number of ether oxygens (including phenoxy) is 2. The lowest BCUT2D eigenvalue weighted by Crippen LogP contribution is -2.21. The predicted molar refractivity (Wildman–Crippen MR) is 118 cm³/mol. The van der Waals surface area contributed by atoms with Gasteiger partial charge in [0.25, 0.3) is 0 Å². The molecule has 1 N–H and O–H groups in total. The highest BCUT2D eigenvalue weighted by Crippen LogP contribution is 2.34. The van der Waals surface area contributed by atoms with E-state index in [9.17, 15) is 0 Å². The number of hydrogen-bond donors (Lipinski definition) is 1. The first kappa shape index (κ1) is 20.4. The lowest BCUT2D eigenvalue weighted by molar-refractivity contribution is 0.284. The Bertz CT molecular complexity index is 869. The van der Waals surface area contributed by atoms with Crippen molar-refractivity contribution in [2.45, 2.75) is 26.0 Å². The van der Waals surface area contributed by atoms with Gasteiger partial charge in [-0.3, -0.25) is 0 Å². The molecule has 3 aromatic carbocycles. The molecule has 1 unspecified atom stereocenters. The zero-order valence-corrected chi connectivity index (χ0v) is 17.9. The Balaban J connectivity index is 1.63. The van der Waals surface area contributed by atoms with Gasteiger partial charge >= 0.3 is 0 Å². The first-order chi connectivity index (χ1) is 13.7. The van der Waals surface area contributed by atoms with Gasteiger partial charge in [-0.05, 0) is 48.7 Å². The zero-order valence-electron chi connectivity index (χ0n) is 16.3. The van der Waals surface area contributed by atoms with Gasteiger partial charge in [0.2, 0.25) is 0 Å². The van der Waals surface area contributed by atoms with Gasteiger partial charge in [0.15, 0.2) is 11.5 Å². The molecule has 0 radical (unpaired) electrons. The van der Waals surface area contributed by atoms with Crippen molar-refractivity contribution in [3.05, 3.63) is 94.0 Å². The molecular weight excluding hydrogens is 414 g/mol. The fraction of sp³-hybridized carbons (Fsp3) is 0.250. The summed E-state index contributed by atoms with van der Waals surface area (Å²) in [6.45, 7) is 3.58. The fourth-order valence-electron chi connectivity index (χ4n) is 3.06. The minimum absolute atomic E-state index is 0.312. The van der Waals surface area contributed by atoms with E-state index in [0.717, 1.165) is 34.5 Å². The molecule has 0 aliphatic carbocycles. The van der Waals surface area contributed by atoms with Gasteiger partial charge in [0.05, 0.1) is 7.11 Å². The topological polar surface area (TPSA) is 30.5 Å². The average molecular weight is 440 g/mol. The second-order valence-corrected chi connectivity index (χ2v) is 7.56. The molecule has 3 aromatic rings. The van der Waals surface area contributed by atoms with Crippen LogP contribution in [0.15, 0.2) is 77.3 Å². The summed E-state index contributed by atoms with van der Waals surface area (Å²) in [6.07, 6.45) is 0.892. The van der Waals surface area contributed by atoms with Crippen LogP contribution < -0.4 is 14.8 Å². The van der Waals surface area contributed by atoms with Gasteiger partial charge < -0.3 is 14.8 Å². The number of hydrogen-bond acceptors (Lipinski definition) is 3. The third kappa shape index (κ3) is 5.60. The maximum Gasteiger partial charge on any atom is 0.162 e. The lowest BCUT2D eigenvalue weighted by atomic mass is 10.1. The summed E-state index contributed by atoms with van der Waals surface area (Å²) in [5.41, 5.74) is 3.62. The normalized spacial score (nSPS) is 11.8. The van der Waals surface area contributed by atoms with Crippen LogP contribution in [0.1, 0.15) is 29.7 Å². The molecule has 0 spiro atoms. The van der Waals surface area contributed by atoms with Crippen LogP contribution in [-0.2, 0) is 13.0 Å². The van der Waals surface area contributed by atoms with Crippen molar-refractivity contribution in [2.24, 2.45) is 0 Å². The van der Waals surface area contributed by atoms with Crippen LogP contribution in [0, 0.1) is 0 Å². The molecule has 0 saturated carbocycles. The molecule has 0 fully saturated rings. The van der Waals surface area contributed by atoms with Gasteiger partial charge in [0.1, 0.15) is 6.61 Å². The maximum absolute atomic E-state index is 6.04. The number of halogens is 1. The van der Waals surface area contributed by atoms with E-state index >= 15 is 0 Å². The van der Waals surface area contributed by atoms with Crippen LogP contribution in [0.25, 0.3) is 0 Å². The summed E-state index contributed by atoms with van der Waals surface area (Å²) >= 11 is 3.67. The maximum atomic E-state index is 6.04. The number of nitrogens with one attached hydrogen (secondary N) is 1. The Kier molecular flexibility index (Phi) is 7.52. The van der Waals surface area contributed by atoms with Crippen molar-refractivity contribution >= 4 is 15.9 Å². The molecule has 3 nitrogen and oxygen atoms in total. The van der Waals surface area contributed by atoms with Crippen LogP contribution >= 0.6 is 15.9 Å². The van der Waals surface area contributed by atoms with E-state index < -0.39 is 0 Å². The molecule has 28 heavy (non-hydrogen) atoms. The molecular formula is C24H26BrNO2. The molecule has 0 amide bonds. The Labute approximate surface area is 175 Å². The quantitative estimate of drug-likeness (QED) is 0.448. The number of methoxy groups -OCH3 is 1. The third-order valence-corrected chi connectivity index (χ3v) is 5.45. The second kappa shape index (κ2) is 10.3. The standard InChI is InChI=1S/C24H26BrNO2/c1-18(20-11-7-4-8-12-20)26-14-13-21-15-24(23(27-2)16-22(21)25)28-17-19-9-5-3-6-10-19/h3-12,15-16,18,26H,13-14,17H2,1-2H3. The van der Waals surface area contributed by atoms with Crippen molar-refractivity contribution in [2.75, 3.05) is 13.7 Å². The lowest BCUT2D eigenvalue weighted by Gasteiger charge is -2.16. The van der Waals surface area contributed by atoms with Gasteiger partial charge in [-0.2, -0.15) is 0 Å². The summed E-state index contributed by atoms with van der Waals surface area (Å²) in [4.78, 5) is 0. The molecule has 3 rings (SSSR count). The van der Waals surface area contributed by atoms with Crippen LogP contribution in [0.4, 0.5) is 0 Å². The summed E-state index contributed by atoms with van der Waals surface area (Å²) < 4.78 is 12.6. The van der Waals surface area contributed by atoms with Crippen LogP contribution in [-0.4, -0.2) is 13.7 Å². The smallest absolute Gasteiger partial charge is 0.162 e. The van der Waals surface area contributed by atoms with Crippen LogP contribution in [0.3, 0.4) is 0 Å². The molecule has 0 saturated heterocycles. The monoisotopic (exact) mass is 439 g/mol. The van der Waals surface area contributed by atoms with E-state index in [4.69, 9.17) is 9.47 Å².